The van der Waals surface area contributed by atoms with Crippen molar-refractivity contribution in [2.75, 3.05) is 11.4 Å². The molecule has 0 saturated heterocycles. The molecule has 4 aromatic rings. The zero-order valence-corrected chi connectivity index (χ0v) is 19.2. The SMILES string of the molecule is CC1Oc2ccc(-c3csc(-c4ccccn4)n3)cc2N(CC(=O)OCc2ccccc2)C1=O. The summed E-state index contributed by atoms with van der Waals surface area (Å²) in [4.78, 5) is 36.0. The zero-order valence-electron chi connectivity index (χ0n) is 18.4. The Morgan fingerprint density at radius 3 is 2.71 bits per heavy atom. The molecule has 1 unspecified atom stereocenters. The van der Waals surface area contributed by atoms with E-state index < -0.39 is 12.1 Å². The van der Waals surface area contributed by atoms with Crippen molar-refractivity contribution < 1.29 is 19.1 Å². The van der Waals surface area contributed by atoms with E-state index in [1.807, 2.05) is 66.0 Å². The van der Waals surface area contributed by atoms with E-state index in [0.29, 0.717) is 11.4 Å². The van der Waals surface area contributed by atoms with Gasteiger partial charge in [-0.25, -0.2) is 4.98 Å². The van der Waals surface area contributed by atoms with Crippen LogP contribution in [0.2, 0.25) is 0 Å². The van der Waals surface area contributed by atoms with Crippen molar-refractivity contribution in [2.45, 2.75) is 19.6 Å². The first-order valence-corrected chi connectivity index (χ1v) is 11.7. The fourth-order valence-electron chi connectivity index (χ4n) is 3.66. The van der Waals surface area contributed by atoms with Crippen molar-refractivity contribution in [2.24, 2.45) is 0 Å². The minimum absolute atomic E-state index is 0.149. The first-order chi connectivity index (χ1) is 16.6. The summed E-state index contributed by atoms with van der Waals surface area (Å²) < 4.78 is 11.2. The van der Waals surface area contributed by atoms with Crippen LogP contribution in [0.25, 0.3) is 22.0 Å². The van der Waals surface area contributed by atoms with Crippen LogP contribution in [0, 0.1) is 0 Å². The molecule has 0 aliphatic carbocycles. The number of hydrogen-bond donors (Lipinski definition) is 0. The summed E-state index contributed by atoms with van der Waals surface area (Å²) in [6, 6.07) is 20.6. The van der Waals surface area contributed by atoms with E-state index in [0.717, 1.165) is 27.5 Å². The third-order valence-corrected chi connectivity index (χ3v) is 6.25. The summed E-state index contributed by atoms with van der Waals surface area (Å²) >= 11 is 1.49. The Morgan fingerprint density at radius 1 is 1.09 bits per heavy atom. The maximum Gasteiger partial charge on any atom is 0.326 e. The molecule has 2 aromatic carbocycles. The molecule has 0 bridgehead atoms. The van der Waals surface area contributed by atoms with Crippen molar-refractivity contribution in [1.29, 1.82) is 0 Å². The average Bonchev–Trinajstić information content (AvgIpc) is 3.37. The lowest BCUT2D eigenvalue weighted by Gasteiger charge is -2.32. The highest BCUT2D eigenvalue weighted by molar-refractivity contribution is 7.13. The normalized spacial score (nSPS) is 14.9. The van der Waals surface area contributed by atoms with Gasteiger partial charge in [0, 0.05) is 17.1 Å². The second kappa shape index (κ2) is 9.44. The molecule has 8 heteroatoms. The average molecular weight is 472 g/mol. The summed E-state index contributed by atoms with van der Waals surface area (Å²) in [7, 11) is 0. The molecule has 1 atom stereocenters. The Balaban J connectivity index is 1.38. The highest BCUT2D eigenvalue weighted by Crippen LogP contribution is 2.38. The minimum atomic E-state index is -0.699. The van der Waals surface area contributed by atoms with Crippen LogP contribution >= 0.6 is 11.3 Å². The van der Waals surface area contributed by atoms with Gasteiger partial charge in [0.1, 0.15) is 23.9 Å². The maximum absolute atomic E-state index is 12.9. The molecule has 5 rings (SSSR count). The second-order valence-electron chi connectivity index (χ2n) is 7.77. The predicted molar refractivity (Wildman–Crippen MR) is 129 cm³/mol. The Bertz CT molecular complexity index is 1320. The summed E-state index contributed by atoms with van der Waals surface area (Å²) in [5.74, 6) is -0.255. The van der Waals surface area contributed by atoms with Crippen LogP contribution in [0.15, 0.2) is 78.3 Å². The van der Waals surface area contributed by atoms with Crippen molar-refractivity contribution >= 4 is 28.9 Å². The van der Waals surface area contributed by atoms with E-state index in [1.165, 1.54) is 16.2 Å². The second-order valence-corrected chi connectivity index (χ2v) is 8.62. The Hall–Kier alpha value is -4.04. The van der Waals surface area contributed by atoms with E-state index in [2.05, 4.69) is 4.98 Å². The lowest BCUT2D eigenvalue weighted by atomic mass is 10.1. The number of esters is 1. The highest BCUT2D eigenvalue weighted by atomic mass is 32.1. The standard InChI is InChI=1S/C26H21N3O4S/c1-17-26(31)29(14-24(30)32-15-18-7-3-2-4-8-18)22-13-19(10-11-23(22)33-17)21-16-34-25(28-21)20-9-5-6-12-27-20/h2-13,16-17H,14-15H2,1H3. The molecule has 0 N–H and O–H groups in total. The number of pyridine rings is 1. The molecule has 34 heavy (non-hydrogen) atoms. The van der Waals surface area contributed by atoms with E-state index in [1.54, 1.807) is 19.2 Å². The number of ether oxygens (including phenoxy) is 2. The van der Waals surface area contributed by atoms with E-state index in [-0.39, 0.29) is 19.1 Å². The minimum Gasteiger partial charge on any atom is -0.479 e. The van der Waals surface area contributed by atoms with Gasteiger partial charge in [-0.2, -0.15) is 0 Å². The van der Waals surface area contributed by atoms with Gasteiger partial charge >= 0.3 is 5.97 Å². The summed E-state index contributed by atoms with van der Waals surface area (Å²) in [5, 5.41) is 2.74. The number of nitrogens with zero attached hydrogens (tertiary/aromatic N) is 3. The topological polar surface area (TPSA) is 81.6 Å². The Morgan fingerprint density at radius 2 is 1.91 bits per heavy atom. The van der Waals surface area contributed by atoms with Crippen molar-refractivity contribution in [3.8, 4) is 27.7 Å². The number of anilines is 1. The van der Waals surface area contributed by atoms with Crippen molar-refractivity contribution in [3.63, 3.8) is 0 Å². The Labute approximate surface area is 200 Å². The van der Waals surface area contributed by atoms with Gasteiger partial charge in [0.05, 0.1) is 17.1 Å². The van der Waals surface area contributed by atoms with Crippen LogP contribution in [0.3, 0.4) is 0 Å². The van der Waals surface area contributed by atoms with Crippen LogP contribution in [0.1, 0.15) is 12.5 Å². The van der Waals surface area contributed by atoms with Gasteiger partial charge in [-0.15, -0.1) is 11.3 Å². The summed E-state index contributed by atoms with van der Waals surface area (Å²) in [6.45, 7) is 1.61. The van der Waals surface area contributed by atoms with Crippen LogP contribution in [-0.2, 0) is 20.9 Å². The van der Waals surface area contributed by atoms with E-state index >= 15 is 0 Å². The maximum atomic E-state index is 12.9. The lowest BCUT2D eigenvalue weighted by molar-refractivity contribution is -0.144. The molecule has 2 aromatic heterocycles. The molecule has 0 saturated carbocycles. The van der Waals surface area contributed by atoms with Crippen LogP contribution in [0.5, 0.6) is 5.75 Å². The molecule has 0 spiro atoms. The molecular weight excluding hydrogens is 450 g/mol. The number of fused-ring (bicyclic) bond motifs is 1. The quantitative estimate of drug-likeness (QED) is 0.378. The van der Waals surface area contributed by atoms with E-state index in [9.17, 15) is 9.59 Å². The Kier molecular flexibility index (Phi) is 6.05. The monoisotopic (exact) mass is 471 g/mol. The smallest absolute Gasteiger partial charge is 0.326 e. The van der Waals surface area contributed by atoms with Crippen molar-refractivity contribution in [1.82, 2.24) is 9.97 Å². The van der Waals surface area contributed by atoms with Gasteiger partial charge in [-0.1, -0.05) is 36.4 Å². The molecular formula is C26H21N3O4S. The first kappa shape index (κ1) is 21.8. The number of thiazole rings is 1. The molecule has 0 radical (unpaired) electrons. The molecule has 7 nitrogen and oxygen atoms in total. The van der Waals surface area contributed by atoms with Gasteiger partial charge < -0.3 is 9.47 Å². The van der Waals surface area contributed by atoms with Gasteiger partial charge in [0.25, 0.3) is 5.91 Å². The number of hydrogen-bond acceptors (Lipinski definition) is 7. The number of benzene rings is 2. The third kappa shape index (κ3) is 4.53. The van der Waals surface area contributed by atoms with Crippen LogP contribution in [-0.4, -0.2) is 34.5 Å². The molecule has 0 fully saturated rings. The molecule has 1 aliphatic rings. The van der Waals surface area contributed by atoms with Crippen LogP contribution < -0.4 is 9.64 Å². The van der Waals surface area contributed by atoms with Crippen LogP contribution in [0.4, 0.5) is 5.69 Å². The van der Waals surface area contributed by atoms with Gasteiger partial charge in [-0.05, 0) is 42.8 Å². The number of amides is 1. The molecule has 170 valence electrons. The predicted octanol–water partition coefficient (Wildman–Crippen LogP) is 4.73. The number of carbonyl (C=O) groups excluding carboxylic acids is 2. The highest BCUT2D eigenvalue weighted by Gasteiger charge is 2.33. The number of aromatic nitrogens is 2. The summed E-state index contributed by atoms with van der Waals surface area (Å²) in [6.07, 6.45) is 1.03. The fourth-order valence-corrected chi connectivity index (χ4v) is 4.46. The fraction of sp³-hybridized carbons (Fsp3) is 0.154. The van der Waals surface area contributed by atoms with Gasteiger partial charge in [0.2, 0.25) is 0 Å². The van der Waals surface area contributed by atoms with Crippen molar-refractivity contribution in [3.05, 3.63) is 83.9 Å². The molecule has 1 aliphatic heterocycles. The zero-order chi connectivity index (χ0) is 23.5. The largest absolute Gasteiger partial charge is 0.479 e. The van der Waals surface area contributed by atoms with Gasteiger partial charge in [0.15, 0.2) is 6.10 Å². The molecule has 3 heterocycles. The van der Waals surface area contributed by atoms with Gasteiger partial charge in [-0.3, -0.25) is 19.5 Å². The van der Waals surface area contributed by atoms with E-state index in [4.69, 9.17) is 14.5 Å². The summed E-state index contributed by atoms with van der Waals surface area (Å²) in [5.41, 5.74) is 3.76. The molecule has 1 amide bonds. The first-order valence-electron chi connectivity index (χ1n) is 10.8. The third-order valence-electron chi connectivity index (χ3n) is 5.38. The lowest BCUT2D eigenvalue weighted by Crippen LogP contribution is -2.47. The number of rotatable bonds is 6. The number of carbonyl (C=O) groups is 2.